The summed E-state index contributed by atoms with van der Waals surface area (Å²) in [6.07, 6.45) is 1.65. The molecule has 0 amide bonds. The fourth-order valence-corrected chi connectivity index (χ4v) is 2.95. The quantitative estimate of drug-likeness (QED) is 0.439. The minimum atomic E-state index is -1.08. The maximum absolute atomic E-state index is 12.0. The van der Waals surface area contributed by atoms with E-state index in [-0.39, 0.29) is 12.5 Å². The summed E-state index contributed by atoms with van der Waals surface area (Å²) in [5.74, 6) is -1.02. The van der Waals surface area contributed by atoms with Crippen molar-refractivity contribution in [2.45, 2.75) is 24.2 Å². The highest BCUT2D eigenvalue weighted by molar-refractivity contribution is 9.10. The first kappa shape index (κ1) is 18.4. The molecule has 3 rings (SSSR count). The molecule has 0 bridgehead atoms. The molecule has 1 heterocycles. The van der Waals surface area contributed by atoms with Crippen LogP contribution in [0.15, 0.2) is 59.6 Å². The highest BCUT2D eigenvalue weighted by Gasteiger charge is 2.38. The van der Waals surface area contributed by atoms with Crippen molar-refractivity contribution in [3.63, 3.8) is 0 Å². The fraction of sp³-hybridized carbons (Fsp3) is 0.211. The van der Waals surface area contributed by atoms with Crippen molar-refractivity contribution in [1.82, 2.24) is 0 Å². The fourth-order valence-electron chi connectivity index (χ4n) is 2.58. The number of hydrogen-bond acceptors (Lipinski definition) is 5. The Labute approximate surface area is 160 Å². The van der Waals surface area contributed by atoms with Crippen molar-refractivity contribution >= 4 is 46.7 Å². The summed E-state index contributed by atoms with van der Waals surface area (Å²) in [6.45, 7) is 2.00. The Kier molecular flexibility index (Phi) is 5.88. The summed E-state index contributed by atoms with van der Waals surface area (Å²) in [5, 5.41) is 0. The largest absolute Gasteiger partial charge is 0.637 e. The Hall–Kier alpha value is -2.41. The Morgan fingerprint density at radius 3 is 2.58 bits per heavy atom. The molecule has 7 heteroatoms. The van der Waals surface area contributed by atoms with Crippen LogP contribution < -0.4 is 5.46 Å². The summed E-state index contributed by atoms with van der Waals surface area (Å²) in [5.41, 5.74) is 2.41. The molecular weight excluding hydrogens is 397 g/mol. The SMILES string of the molecule is C[C@@H](N=Cc1ccccc1B1OC(=O)C[C@H](Br)C(=O)O1)c1ccccc1. The van der Waals surface area contributed by atoms with Gasteiger partial charge in [-0.15, -0.1) is 0 Å². The van der Waals surface area contributed by atoms with Gasteiger partial charge in [0.05, 0.1) is 12.5 Å². The predicted octanol–water partition coefficient (Wildman–Crippen LogP) is 2.82. The third-order valence-electron chi connectivity index (χ3n) is 4.03. The molecule has 0 N–H and O–H groups in total. The van der Waals surface area contributed by atoms with Crippen LogP contribution >= 0.6 is 15.9 Å². The molecule has 2 aromatic carbocycles. The van der Waals surface area contributed by atoms with E-state index in [4.69, 9.17) is 9.31 Å². The molecule has 1 aliphatic heterocycles. The van der Waals surface area contributed by atoms with E-state index in [0.717, 1.165) is 11.1 Å². The van der Waals surface area contributed by atoms with Gasteiger partial charge in [0.15, 0.2) is 0 Å². The van der Waals surface area contributed by atoms with Crippen LogP contribution in [0.25, 0.3) is 0 Å². The summed E-state index contributed by atoms with van der Waals surface area (Å²) >= 11 is 3.14. The average molecular weight is 414 g/mol. The molecule has 26 heavy (non-hydrogen) atoms. The molecule has 2 aromatic rings. The molecule has 0 aromatic heterocycles. The van der Waals surface area contributed by atoms with Gasteiger partial charge in [0.25, 0.3) is 5.97 Å². The molecule has 0 aliphatic carbocycles. The Morgan fingerprint density at radius 1 is 1.12 bits per heavy atom. The van der Waals surface area contributed by atoms with E-state index in [1.807, 2.05) is 49.4 Å². The summed E-state index contributed by atoms with van der Waals surface area (Å²) in [7, 11) is -1.08. The Morgan fingerprint density at radius 2 is 1.81 bits per heavy atom. The second-order valence-electron chi connectivity index (χ2n) is 5.92. The number of benzene rings is 2. The van der Waals surface area contributed by atoms with E-state index in [9.17, 15) is 9.59 Å². The lowest BCUT2D eigenvalue weighted by Gasteiger charge is -2.13. The molecular formula is C19H17BBrNO4. The standard InChI is InChI=1S/C19H17BBrNO4/c1-13(14-7-3-2-4-8-14)22-12-15-9-5-6-10-16(15)20-25-18(23)11-17(21)19(24)26-20/h2-10,12-13,17H,11H2,1H3/t13-,17+/m1/s1. The molecule has 1 saturated heterocycles. The number of rotatable bonds is 4. The number of halogens is 1. The van der Waals surface area contributed by atoms with Crippen molar-refractivity contribution < 1.29 is 18.9 Å². The van der Waals surface area contributed by atoms with Crippen LogP contribution in [0.1, 0.15) is 30.5 Å². The van der Waals surface area contributed by atoms with Crippen LogP contribution in [0.2, 0.25) is 0 Å². The maximum atomic E-state index is 12.0. The molecule has 132 valence electrons. The molecule has 1 aliphatic rings. The highest BCUT2D eigenvalue weighted by Crippen LogP contribution is 2.17. The van der Waals surface area contributed by atoms with Crippen molar-refractivity contribution in [1.29, 1.82) is 0 Å². The van der Waals surface area contributed by atoms with Gasteiger partial charge in [-0.25, -0.2) is 0 Å². The molecule has 2 atom stereocenters. The van der Waals surface area contributed by atoms with E-state index in [2.05, 4.69) is 20.9 Å². The van der Waals surface area contributed by atoms with Crippen molar-refractivity contribution in [3.05, 3.63) is 65.7 Å². The van der Waals surface area contributed by atoms with Crippen LogP contribution in [0, 0.1) is 0 Å². The van der Waals surface area contributed by atoms with Gasteiger partial charge in [0.1, 0.15) is 4.83 Å². The zero-order valence-corrected chi connectivity index (χ0v) is 15.8. The van der Waals surface area contributed by atoms with Crippen LogP contribution in [0.4, 0.5) is 0 Å². The number of nitrogens with zero attached hydrogens (tertiary/aromatic N) is 1. The van der Waals surface area contributed by atoms with Crippen LogP contribution in [0.5, 0.6) is 0 Å². The predicted molar refractivity (Wildman–Crippen MR) is 104 cm³/mol. The van der Waals surface area contributed by atoms with Gasteiger partial charge in [0.2, 0.25) is 0 Å². The summed E-state index contributed by atoms with van der Waals surface area (Å²) < 4.78 is 10.6. The van der Waals surface area contributed by atoms with Gasteiger partial charge >= 0.3 is 13.1 Å². The van der Waals surface area contributed by atoms with Crippen LogP contribution in [-0.2, 0) is 18.9 Å². The summed E-state index contributed by atoms with van der Waals surface area (Å²) in [4.78, 5) is 27.7. The van der Waals surface area contributed by atoms with Gasteiger partial charge in [0, 0.05) is 11.7 Å². The number of aliphatic imine (C=N–C) groups is 1. The molecule has 0 spiro atoms. The molecule has 0 unspecified atom stereocenters. The molecule has 0 saturated carbocycles. The van der Waals surface area contributed by atoms with Gasteiger partial charge in [-0.1, -0.05) is 70.5 Å². The first-order chi connectivity index (χ1) is 12.5. The minimum Gasteiger partial charge on any atom is -0.495 e. The number of hydrogen-bond donors (Lipinski definition) is 0. The van der Waals surface area contributed by atoms with Gasteiger partial charge in [-0.05, 0) is 18.1 Å². The van der Waals surface area contributed by atoms with Gasteiger partial charge < -0.3 is 9.31 Å². The van der Waals surface area contributed by atoms with E-state index >= 15 is 0 Å². The number of alkyl halides is 1. The number of carbonyl (C=O) groups excluding carboxylic acids is 2. The normalized spacial score (nSPS) is 19.0. The maximum Gasteiger partial charge on any atom is 0.637 e. The Balaban J connectivity index is 1.85. The lowest BCUT2D eigenvalue weighted by Crippen LogP contribution is -2.41. The topological polar surface area (TPSA) is 65.0 Å². The second kappa shape index (κ2) is 8.32. The van der Waals surface area contributed by atoms with E-state index < -0.39 is 23.9 Å². The first-order valence-corrected chi connectivity index (χ1v) is 9.17. The van der Waals surface area contributed by atoms with Crippen molar-refractivity contribution in [3.8, 4) is 0 Å². The lowest BCUT2D eigenvalue weighted by atomic mass is 9.76. The minimum absolute atomic E-state index is 0.0320. The Bertz CT molecular complexity index is 827. The van der Waals surface area contributed by atoms with Gasteiger partial charge in [-0.2, -0.15) is 0 Å². The third-order valence-corrected chi connectivity index (χ3v) is 4.73. The average Bonchev–Trinajstić information content (AvgIpc) is 2.78. The highest BCUT2D eigenvalue weighted by atomic mass is 79.9. The zero-order chi connectivity index (χ0) is 18.5. The first-order valence-electron chi connectivity index (χ1n) is 8.25. The second-order valence-corrected chi connectivity index (χ2v) is 7.03. The molecule has 0 radical (unpaired) electrons. The monoisotopic (exact) mass is 413 g/mol. The molecule has 1 fully saturated rings. The smallest absolute Gasteiger partial charge is 0.495 e. The lowest BCUT2D eigenvalue weighted by molar-refractivity contribution is -0.135. The van der Waals surface area contributed by atoms with Crippen LogP contribution in [-0.4, -0.2) is 30.1 Å². The van der Waals surface area contributed by atoms with Crippen LogP contribution in [0.3, 0.4) is 0 Å². The zero-order valence-electron chi connectivity index (χ0n) is 14.2. The summed E-state index contributed by atoms with van der Waals surface area (Å²) in [6, 6.07) is 17.1. The van der Waals surface area contributed by atoms with Gasteiger partial charge in [-0.3, -0.25) is 14.6 Å². The van der Waals surface area contributed by atoms with E-state index in [1.54, 1.807) is 18.3 Å². The third kappa shape index (κ3) is 4.41. The van der Waals surface area contributed by atoms with E-state index in [0.29, 0.717) is 5.46 Å². The number of carbonyl (C=O) groups is 2. The van der Waals surface area contributed by atoms with E-state index in [1.165, 1.54) is 0 Å². The van der Waals surface area contributed by atoms with Crippen molar-refractivity contribution in [2.24, 2.45) is 4.99 Å². The van der Waals surface area contributed by atoms with Crippen molar-refractivity contribution in [2.75, 3.05) is 0 Å². The molecule has 5 nitrogen and oxygen atoms in total.